The maximum Gasteiger partial charge on any atom is 0.342 e. The maximum absolute atomic E-state index is 12.3. The first-order valence-corrected chi connectivity index (χ1v) is 8.24. The highest BCUT2D eigenvalue weighted by Crippen LogP contribution is 2.32. The van der Waals surface area contributed by atoms with Crippen LogP contribution < -0.4 is 14.8 Å². The minimum atomic E-state index is -0.921. The predicted molar refractivity (Wildman–Crippen MR) is 92.0 cm³/mol. The van der Waals surface area contributed by atoms with E-state index in [4.69, 9.17) is 14.2 Å². The Labute approximate surface area is 151 Å². The standard InChI is InChI=1S/C18H21N3O5/c1-10-16(11(2)21(4)20-10)18(23)26-12(3)17(22)19-8-13-5-6-14-15(7-13)25-9-24-14/h5-7,12H,8-9H2,1-4H3,(H,19,22). The number of fused-ring (bicyclic) bond motifs is 1. The number of rotatable bonds is 5. The molecule has 0 aliphatic carbocycles. The molecule has 0 bridgehead atoms. The fraction of sp³-hybridized carbons (Fsp3) is 0.389. The first-order valence-electron chi connectivity index (χ1n) is 8.24. The van der Waals surface area contributed by atoms with Crippen molar-refractivity contribution in [1.29, 1.82) is 0 Å². The van der Waals surface area contributed by atoms with Gasteiger partial charge in [0.1, 0.15) is 5.56 Å². The number of ether oxygens (including phenoxy) is 3. The van der Waals surface area contributed by atoms with Crippen LogP contribution in [0.1, 0.15) is 34.2 Å². The Morgan fingerprint density at radius 1 is 1.31 bits per heavy atom. The topological polar surface area (TPSA) is 91.7 Å². The molecule has 1 atom stereocenters. The molecule has 0 saturated carbocycles. The molecule has 138 valence electrons. The lowest BCUT2D eigenvalue weighted by atomic mass is 10.2. The van der Waals surface area contributed by atoms with Crippen molar-refractivity contribution in [3.05, 3.63) is 40.7 Å². The van der Waals surface area contributed by atoms with Gasteiger partial charge in [-0.25, -0.2) is 4.79 Å². The van der Waals surface area contributed by atoms with Crippen LogP contribution in [0.2, 0.25) is 0 Å². The number of carbonyl (C=O) groups is 2. The molecule has 2 heterocycles. The van der Waals surface area contributed by atoms with Crippen LogP contribution in [0.3, 0.4) is 0 Å². The molecule has 3 rings (SSSR count). The van der Waals surface area contributed by atoms with Crippen LogP contribution in [-0.4, -0.2) is 34.6 Å². The van der Waals surface area contributed by atoms with E-state index in [-0.39, 0.29) is 12.7 Å². The quantitative estimate of drug-likeness (QED) is 0.816. The number of aromatic nitrogens is 2. The third-order valence-corrected chi connectivity index (χ3v) is 4.27. The summed E-state index contributed by atoms with van der Waals surface area (Å²) in [5, 5.41) is 6.93. The van der Waals surface area contributed by atoms with E-state index in [9.17, 15) is 9.59 Å². The number of aryl methyl sites for hydroxylation is 2. The summed E-state index contributed by atoms with van der Waals surface area (Å²) in [5.41, 5.74) is 2.52. The van der Waals surface area contributed by atoms with Gasteiger partial charge >= 0.3 is 5.97 Å². The average molecular weight is 359 g/mol. The number of esters is 1. The van der Waals surface area contributed by atoms with E-state index in [2.05, 4.69) is 10.4 Å². The molecule has 0 fully saturated rings. The van der Waals surface area contributed by atoms with Crippen LogP contribution in [0.25, 0.3) is 0 Å². The monoisotopic (exact) mass is 359 g/mol. The first kappa shape index (κ1) is 17.8. The molecule has 1 N–H and O–H groups in total. The Bertz CT molecular complexity index is 859. The van der Waals surface area contributed by atoms with Crippen molar-refractivity contribution in [3.63, 3.8) is 0 Å². The van der Waals surface area contributed by atoms with E-state index in [1.165, 1.54) is 6.92 Å². The largest absolute Gasteiger partial charge is 0.454 e. The lowest BCUT2D eigenvalue weighted by Crippen LogP contribution is -2.35. The minimum absolute atomic E-state index is 0.200. The Morgan fingerprint density at radius 3 is 2.73 bits per heavy atom. The van der Waals surface area contributed by atoms with E-state index in [0.717, 1.165) is 5.56 Å². The molecule has 1 aromatic carbocycles. The van der Waals surface area contributed by atoms with Crippen LogP contribution >= 0.6 is 0 Å². The zero-order valence-corrected chi connectivity index (χ0v) is 15.2. The van der Waals surface area contributed by atoms with Gasteiger partial charge in [0.25, 0.3) is 5.91 Å². The van der Waals surface area contributed by atoms with Crippen molar-refractivity contribution < 1.29 is 23.8 Å². The summed E-state index contributed by atoms with van der Waals surface area (Å²) in [5.74, 6) is 0.400. The third-order valence-electron chi connectivity index (χ3n) is 4.27. The summed E-state index contributed by atoms with van der Waals surface area (Å²) in [6.07, 6.45) is -0.921. The van der Waals surface area contributed by atoms with Crippen LogP contribution in [0, 0.1) is 13.8 Å². The Hall–Kier alpha value is -3.03. The van der Waals surface area contributed by atoms with Gasteiger partial charge in [0.15, 0.2) is 17.6 Å². The fourth-order valence-electron chi connectivity index (χ4n) is 2.73. The van der Waals surface area contributed by atoms with Crippen LogP contribution in [0.15, 0.2) is 18.2 Å². The van der Waals surface area contributed by atoms with E-state index in [1.54, 1.807) is 31.6 Å². The van der Waals surface area contributed by atoms with Crippen molar-refractivity contribution >= 4 is 11.9 Å². The minimum Gasteiger partial charge on any atom is -0.454 e. The lowest BCUT2D eigenvalue weighted by Gasteiger charge is -2.14. The van der Waals surface area contributed by atoms with Gasteiger partial charge in [-0.15, -0.1) is 0 Å². The summed E-state index contributed by atoms with van der Waals surface area (Å²) < 4.78 is 17.5. The molecule has 1 amide bonds. The molecule has 8 nitrogen and oxygen atoms in total. The highest BCUT2D eigenvalue weighted by molar-refractivity contribution is 5.94. The van der Waals surface area contributed by atoms with Crippen LogP contribution in [0.5, 0.6) is 11.5 Å². The second kappa shape index (κ2) is 7.07. The van der Waals surface area contributed by atoms with Gasteiger partial charge in [0, 0.05) is 19.3 Å². The molecular weight excluding hydrogens is 338 g/mol. The number of hydrogen-bond donors (Lipinski definition) is 1. The van der Waals surface area contributed by atoms with E-state index >= 15 is 0 Å². The molecule has 0 saturated heterocycles. The molecule has 26 heavy (non-hydrogen) atoms. The number of benzene rings is 1. The highest BCUT2D eigenvalue weighted by atomic mass is 16.7. The van der Waals surface area contributed by atoms with Crippen LogP contribution in [-0.2, 0) is 23.1 Å². The van der Waals surface area contributed by atoms with Gasteiger partial charge in [0.05, 0.1) is 5.69 Å². The smallest absolute Gasteiger partial charge is 0.342 e. The molecular formula is C18H21N3O5. The first-order chi connectivity index (χ1) is 12.4. The summed E-state index contributed by atoms with van der Waals surface area (Å²) in [4.78, 5) is 24.6. The number of carbonyl (C=O) groups excluding carboxylic acids is 2. The third kappa shape index (κ3) is 3.49. The van der Waals surface area contributed by atoms with Crippen molar-refractivity contribution in [3.8, 4) is 11.5 Å². The lowest BCUT2D eigenvalue weighted by molar-refractivity contribution is -0.129. The Balaban J connectivity index is 1.57. The molecule has 1 aliphatic rings. The second-order valence-electron chi connectivity index (χ2n) is 6.12. The number of hydrogen-bond acceptors (Lipinski definition) is 6. The summed E-state index contributed by atoms with van der Waals surface area (Å²) in [7, 11) is 1.75. The van der Waals surface area contributed by atoms with Gasteiger partial charge in [-0.05, 0) is 38.5 Å². The average Bonchev–Trinajstić information content (AvgIpc) is 3.16. The van der Waals surface area contributed by atoms with Gasteiger partial charge in [0.2, 0.25) is 6.79 Å². The summed E-state index contributed by atoms with van der Waals surface area (Å²) >= 11 is 0. The fourth-order valence-corrected chi connectivity index (χ4v) is 2.73. The number of nitrogens with one attached hydrogen (secondary N) is 1. The molecule has 0 radical (unpaired) electrons. The van der Waals surface area contributed by atoms with Crippen molar-refractivity contribution in [2.75, 3.05) is 6.79 Å². The highest BCUT2D eigenvalue weighted by Gasteiger charge is 2.24. The molecule has 0 spiro atoms. The summed E-state index contributed by atoms with van der Waals surface area (Å²) in [6.45, 7) is 5.54. The Morgan fingerprint density at radius 2 is 2.04 bits per heavy atom. The van der Waals surface area contributed by atoms with E-state index < -0.39 is 12.1 Å². The predicted octanol–water partition coefficient (Wildman–Crippen LogP) is 1.63. The Kier molecular flexibility index (Phi) is 4.83. The van der Waals surface area contributed by atoms with Crippen molar-refractivity contribution in [1.82, 2.24) is 15.1 Å². The second-order valence-corrected chi connectivity index (χ2v) is 6.12. The molecule has 1 aromatic heterocycles. The SMILES string of the molecule is Cc1nn(C)c(C)c1C(=O)OC(C)C(=O)NCc1ccc2c(c1)OCO2. The number of amides is 1. The normalized spacial score (nSPS) is 13.4. The van der Waals surface area contributed by atoms with Gasteiger partial charge in [-0.2, -0.15) is 5.10 Å². The number of nitrogens with zero attached hydrogens (tertiary/aromatic N) is 2. The van der Waals surface area contributed by atoms with Gasteiger partial charge in [-0.3, -0.25) is 9.48 Å². The van der Waals surface area contributed by atoms with Gasteiger partial charge < -0.3 is 19.5 Å². The zero-order valence-electron chi connectivity index (χ0n) is 15.2. The van der Waals surface area contributed by atoms with Crippen molar-refractivity contribution in [2.45, 2.75) is 33.4 Å². The molecule has 2 aromatic rings. The van der Waals surface area contributed by atoms with Gasteiger partial charge in [-0.1, -0.05) is 6.07 Å². The van der Waals surface area contributed by atoms with Crippen molar-refractivity contribution in [2.24, 2.45) is 7.05 Å². The van der Waals surface area contributed by atoms with E-state index in [0.29, 0.717) is 35.0 Å². The molecule has 1 unspecified atom stereocenters. The zero-order chi connectivity index (χ0) is 18.8. The summed E-state index contributed by atoms with van der Waals surface area (Å²) in [6, 6.07) is 5.44. The maximum atomic E-state index is 12.3. The molecule has 8 heteroatoms. The molecule has 1 aliphatic heterocycles. The van der Waals surface area contributed by atoms with Crippen LogP contribution in [0.4, 0.5) is 0 Å². The van der Waals surface area contributed by atoms with E-state index in [1.807, 2.05) is 12.1 Å².